The van der Waals surface area contributed by atoms with Gasteiger partial charge in [0.15, 0.2) is 9.84 Å². The lowest BCUT2D eigenvalue weighted by Gasteiger charge is -2.20. The van der Waals surface area contributed by atoms with Crippen LogP contribution in [0.25, 0.3) is 0 Å². The van der Waals surface area contributed by atoms with Crippen molar-refractivity contribution in [3.8, 4) is 0 Å². The molecule has 0 aliphatic carbocycles. The minimum Gasteiger partial charge on any atom is -0.396 e. The molecular weight excluding hydrogens is 261 g/mol. The van der Waals surface area contributed by atoms with Crippen LogP contribution in [0, 0.1) is 11.8 Å². The van der Waals surface area contributed by atoms with Gasteiger partial charge in [-0.2, -0.15) is 13.2 Å². The summed E-state index contributed by atoms with van der Waals surface area (Å²) in [5, 5.41) is 9.03. The van der Waals surface area contributed by atoms with Gasteiger partial charge in [0.2, 0.25) is 0 Å². The van der Waals surface area contributed by atoms with Gasteiger partial charge < -0.3 is 9.84 Å². The quantitative estimate of drug-likeness (QED) is 0.799. The van der Waals surface area contributed by atoms with Crippen molar-refractivity contribution in [1.29, 1.82) is 0 Å². The van der Waals surface area contributed by atoms with E-state index in [0.29, 0.717) is 6.42 Å². The van der Waals surface area contributed by atoms with Crippen LogP contribution in [-0.4, -0.2) is 51.0 Å². The van der Waals surface area contributed by atoms with Crippen LogP contribution in [-0.2, 0) is 14.6 Å². The molecule has 2 unspecified atom stereocenters. The highest BCUT2D eigenvalue weighted by atomic mass is 32.2. The van der Waals surface area contributed by atoms with Gasteiger partial charge in [0.05, 0.1) is 18.1 Å². The summed E-state index contributed by atoms with van der Waals surface area (Å²) in [5.74, 6) is -0.894. The number of hydrogen-bond acceptors (Lipinski definition) is 4. The first-order chi connectivity index (χ1) is 7.73. The van der Waals surface area contributed by atoms with Gasteiger partial charge in [0.25, 0.3) is 0 Å². The zero-order chi connectivity index (χ0) is 13.1. The molecule has 102 valence electrons. The first-order valence-corrected chi connectivity index (χ1v) is 7.01. The molecule has 1 rings (SSSR count). The van der Waals surface area contributed by atoms with E-state index in [-0.39, 0.29) is 30.6 Å². The van der Waals surface area contributed by atoms with Gasteiger partial charge >= 0.3 is 6.18 Å². The Morgan fingerprint density at radius 3 is 2.47 bits per heavy atom. The summed E-state index contributed by atoms with van der Waals surface area (Å²) in [4.78, 5) is 0. The Hall–Kier alpha value is -0.340. The summed E-state index contributed by atoms with van der Waals surface area (Å²) >= 11 is 0. The van der Waals surface area contributed by atoms with E-state index < -0.39 is 28.5 Å². The fourth-order valence-corrected chi connectivity index (χ4v) is 3.78. The number of halogens is 3. The standard InChI is InChI=1S/C9H15F3O4S/c10-9(11,12)6-16-4-8(3-13)7-1-2-17(14,15)5-7/h7-8,13H,1-6H2. The number of sulfone groups is 1. The Labute approximate surface area is 97.7 Å². The van der Waals surface area contributed by atoms with Crippen molar-refractivity contribution in [2.45, 2.75) is 12.6 Å². The van der Waals surface area contributed by atoms with Gasteiger partial charge in [0.1, 0.15) is 6.61 Å². The van der Waals surface area contributed by atoms with Crippen LogP contribution in [0.3, 0.4) is 0 Å². The lowest BCUT2D eigenvalue weighted by molar-refractivity contribution is -0.178. The molecule has 0 radical (unpaired) electrons. The lowest BCUT2D eigenvalue weighted by Crippen LogP contribution is -2.27. The Balaban J connectivity index is 2.39. The predicted molar refractivity (Wildman–Crippen MR) is 54.2 cm³/mol. The Morgan fingerprint density at radius 1 is 1.41 bits per heavy atom. The zero-order valence-electron chi connectivity index (χ0n) is 9.11. The molecule has 0 saturated carbocycles. The maximum Gasteiger partial charge on any atom is 0.411 e. The SMILES string of the molecule is O=S1(=O)CCC(C(CO)COCC(F)(F)F)C1. The monoisotopic (exact) mass is 276 g/mol. The number of rotatable bonds is 5. The van der Waals surface area contributed by atoms with E-state index in [4.69, 9.17) is 5.11 Å². The fraction of sp³-hybridized carbons (Fsp3) is 1.00. The Kier molecular flexibility index (Phi) is 4.79. The summed E-state index contributed by atoms with van der Waals surface area (Å²) in [7, 11) is -3.09. The van der Waals surface area contributed by atoms with Crippen molar-refractivity contribution in [3.05, 3.63) is 0 Å². The third-order valence-electron chi connectivity index (χ3n) is 2.77. The molecule has 2 atom stereocenters. The molecule has 0 spiro atoms. The minimum absolute atomic E-state index is 0.0352. The number of aliphatic hydroxyl groups excluding tert-OH is 1. The summed E-state index contributed by atoms with van der Waals surface area (Å²) in [6.45, 7) is -2.00. The van der Waals surface area contributed by atoms with Gasteiger partial charge in [-0.25, -0.2) is 8.42 Å². The number of ether oxygens (including phenoxy) is 1. The first-order valence-electron chi connectivity index (χ1n) is 5.19. The van der Waals surface area contributed by atoms with E-state index in [1.807, 2.05) is 0 Å². The van der Waals surface area contributed by atoms with Crippen molar-refractivity contribution in [2.24, 2.45) is 11.8 Å². The van der Waals surface area contributed by atoms with Crippen molar-refractivity contribution < 1.29 is 31.4 Å². The van der Waals surface area contributed by atoms with Gasteiger partial charge in [-0.3, -0.25) is 0 Å². The maximum absolute atomic E-state index is 11.8. The molecule has 1 aliphatic rings. The number of hydrogen-bond donors (Lipinski definition) is 1. The van der Waals surface area contributed by atoms with Crippen LogP contribution in [0.15, 0.2) is 0 Å². The van der Waals surface area contributed by atoms with Gasteiger partial charge in [0, 0.05) is 12.5 Å². The molecule has 4 nitrogen and oxygen atoms in total. The van der Waals surface area contributed by atoms with Crippen LogP contribution in [0.1, 0.15) is 6.42 Å². The van der Waals surface area contributed by atoms with E-state index in [1.54, 1.807) is 0 Å². The minimum atomic E-state index is -4.40. The average Bonchev–Trinajstić information content (AvgIpc) is 2.52. The highest BCUT2D eigenvalue weighted by Crippen LogP contribution is 2.26. The molecule has 0 bridgehead atoms. The molecule has 1 saturated heterocycles. The topological polar surface area (TPSA) is 63.6 Å². The van der Waals surface area contributed by atoms with Crippen LogP contribution >= 0.6 is 0 Å². The summed E-state index contributed by atoms with van der Waals surface area (Å²) in [6.07, 6.45) is -4.02. The largest absolute Gasteiger partial charge is 0.411 e. The molecule has 1 N–H and O–H groups in total. The van der Waals surface area contributed by atoms with Gasteiger partial charge in [-0.1, -0.05) is 0 Å². The van der Waals surface area contributed by atoms with Gasteiger partial charge in [-0.15, -0.1) is 0 Å². The van der Waals surface area contributed by atoms with Crippen LogP contribution in [0.4, 0.5) is 13.2 Å². The molecular formula is C9H15F3O4S. The normalized spacial score (nSPS) is 26.0. The second kappa shape index (κ2) is 5.53. The second-order valence-electron chi connectivity index (χ2n) is 4.24. The summed E-state index contributed by atoms with van der Waals surface area (Å²) < 4.78 is 62.3. The smallest absolute Gasteiger partial charge is 0.396 e. The zero-order valence-corrected chi connectivity index (χ0v) is 9.93. The molecule has 0 aromatic carbocycles. The Bertz CT molecular complexity index is 339. The lowest BCUT2D eigenvalue weighted by atomic mass is 9.93. The molecule has 17 heavy (non-hydrogen) atoms. The van der Waals surface area contributed by atoms with Crippen LogP contribution in [0.5, 0.6) is 0 Å². The molecule has 0 aromatic rings. The molecule has 1 heterocycles. The predicted octanol–water partition coefficient (Wildman–Crippen LogP) is 0.609. The van der Waals surface area contributed by atoms with Crippen LogP contribution in [0.2, 0.25) is 0 Å². The fourth-order valence-electron chi connectivity index (χ4n) is 1.86. The van der Waals surface area contributed by atoms with Crippen molar-refractivity contribution in [3.63, 3.8) is 0 Å². The van der Waals surface area contributed by atoms with Gasteiger partial charge in [-0.05, 0) is 12.3 Å². The van der Waals surface area contributed by atoms with E-state index >= 15 is 0 Å². The molecule has 1 aliphatic heterocycles. The molecule has 1 fully saturated rings. The van der Waals surface area contributed by atoms with E-state index in [9.17, 15) is 21.6 Å². The van der Waals surface area contributed by atoms with Crippen molar-refractivity contribution in [1.82, 2.24) is 0 Å². The summed E-state index contributed by atoms with van der Waals surface area (Å²) in [6, 6.07) is 0. The van der Waals surface area contributed by atoms with E-state index in [1.165, 1.54) is 0 Å². The third-order valence-corrected chi connectivity index (χ3v) is 4.56. The molecule has 0 amide bonds. The van der Waals surface area contributed by atoms with E-state index in [0.717, 1.165) is 0 Å². The molecule has 0 aromatic heterocycles. The highest BCUT2D eigenvalue weighted by Gasteiger charge is 2.34. The second-order valence-corrected chi connectivity index (χ2v) is 6.46. The Morgan fingerprint density at radius 2 is 2.06 bits per heavy atom. The number of alkyl halides is 3. The number of aliphatic hydroxyl groups is 1. The van der Waals surface area contributed by atoms with Crippen molar-refractivity contribution >= 4 is 9.84 Å². The van der Waals surface area contributed by atoms with E-state index in [2.05, 4.69) is 4.74 Å². The maximum atomic E-state index is 11.8. The van der Waals surface area contributed by atoms with Crippen molar-refractivity contribution in [2.75, 3.05) is 31.3 Å². The first kappa shape index (κ1) is 14.7. The highest BCUT2D eigenvalue weighted by molar-refractivity contribution is 7.91. The average molecular weight is 276 g/mol. The summed E-state index contributed by atoms with van der Waals surface area (Å²) in [5.41, 5.74) is 0. The third kappa shape index (κ3) is 5.22. The molecule has 8 heteroatoms. The van der Waals surface area contributed by atoms with Crippen LogP contribution < -0.4 is 0 Å².